The first-order chi connectivity index (χ1) is 10.4. The molecule has 2 heterocycles. The van der Waals surface area contributed by atoms with E-state index in [0.29, 0.717) is 13.1 Å². The van der Waals surface area contributed by atoms with E-state index in [9.17, 15) is 14.9 Å². The summed E-state index contributed by atoms with van der Waals surface area (Å²) in [6.45, 7) is 2.52. The molecular weight excluding hydrogens is 288 g/mol. The zero-order chi connectivity index (χ0) is 16.3. The molecule has 0 radical (unpaired) electrons. The fourth-order valence-corrected chi connectivity index (χ4v) is 2.16. The van der Waals surface area contributed by atoms with Crippen molar-refractivity contribution in [1.82, 2.24) is 24.5 Å². The molecule has 22 heavy (non-hydrogen) atoms. The van der Waals surface area contributed by atoms with Crippen LogP contribution in [-0.2, 0) is 24.9 Å². The van der Waals surface area contributed by atoms with Crippen molar-refractivity contribution < 1.29 is 9.72 Å². The van der Waals surface area contributed by atoms with Gasteiger partial charge in [-0.15, -0.1) is 0 Å². The average Bonchev–Trinajstić information content (AvgIpc) is 3.08. The Kier molecular flexibility index (Phi) is 4.54. The van der Waals surface area contributed by atoms with E-state index in [1.165, 1.54) is 17.1 Å². The van der Waals surface area contributed by atoms with E-state index in [-0.39, 0.29) is 17.5 Å². The van der Waals surface area contributed by atoms with Crippen LogP contribution in [0.2, 0.25) is 0 Å². The minimum absolute atomic E-state index is 0.0562. The highest BCUT2D eigenvalue weighted by atomic mass is 16.6. The van der Waals surface area contributed by atoms with Gasteiger partial charge in [0.05, 0.1) is 29.6 Å². The van der Waals surface area contributed by atoms with E-state index in [1.54, 1.807) is 29.7 Å². The predicted molar refractivity (Wildman–Crippen MR) is 77.7 cm³/mol. The van der Waals surface area contributed by atoms with Gasteiger partial charge in [-0.25, -0.2) is 0 Å². The number of aromatic nitrogens is 4. The molecule has 2 rings (SSSR count). The maximum atomic E-state index is 12.3. The first-order valence-corrected chi connectivity index (χ1v) is 6.77. The zero-order valence-electron chi connectivity index (χ0n) is 12.7. The largest absolute Gasteiger partial charge is 0.340 e. The third-order valence-electron chi connectivity index (χ3n) is 3.41. The number of amides is 1. The van der Waals surface area contributed by atoms with Gasteiger partial charge in [0.25, 0.3) is 0 Å². The summed E-state index contributed by atoms with van der Waals surface area (Å²) in [6, 6.07) is 1.85. The normalized spacial score (nSPS) is 12.1. The van der Waals surface area contributed by atoms with Gasteiger partial charge in [0.15, 0.2) is 0 Å². The first-order valence-electron chi connectivity index (χ1n) is 6.77. The molecule has 0 saturated carbocycles. The monoisotopic (exact) mass is 306 g/mol. The van der Waals surface area contributed by atoms with Gasteiger partial charge in [0, 0.05) is 20.3 Å². The molecule has 0 aliphatic carbocycles. The van der Waals surface area contributed by atoms with Crippen LogP contribution in [0.4, 0.5) is 5.69 Å². The van der Waals surface area contributed by atoms with Crippen LogP contribution >= 0.6 is 0 Å². The van der Waals surface area contributed by atoms with Crippen molar-refractivity contribution in [2.45, 2.75) is 20.0 Å². The van der Waals surface area contributed by atoms with Crippen molar-refractivity contribution in [3.63, 3.8) is 0 Å². The summed E-state index contributed by atoms with van der Waals surface area (Å²) in [4.78, 5) is 24.1. The Bertz CT molecular complexity index is 677. The summed E-state index contributed by atoms with van der Waals surface area (Å²) in [6.07, 6.45) is 4.18. The van der Waals surface area contributed by atoms with Crippen LogP contribution in [-0.4, -0.2) is 42.3 Å². The van der Waals surface area contributed by atoms with Gasteiger partial charge in [0.1, 0.15) is 12.4 Å². The van der Waals surface area contributed by atoms with E-state index < -0.39 is 4.92 Å². The molecule has 0 aliphatic rings. The van der Waals surface area contributed by atoms with Crippen LogP contribution in [0.3, 0.4) is 0 Å². The third-order valence-corrected chi connectivity index (χ3v) is 3.41. The quantitative estimate of drug-likeness (QED) is 0.581. The lowest BCUT2D eigenvalue weighted by Gasteiger charge is -2.21. The Hall–Kier alpha value is -2.71. The van der Waals surface area contributed by atoms with Gasteiger partial charge in [-0.05, 0) is 6.07 Å². The van der Waals surface area contributed by atoms with Crippen LogP contribution in [0.5, 0.6) is 0 Å². The Morgan fingerprint density at radius 2 is 2.23 bits per heavy atom. The molecule has 0 aromatic carbocycles. The van der Waals surface area contributed by atoms with Gasteiger partial charge in [-0.3, -0.25) is 24.3 Å². The van der Waals surface area contributed by atoms with Crippen molar-refractivity contribution in [3.8, 4) is 0 Å². The standard InChI is InChI=1S/C13H18N6O3/c1-10(7-18-9-12(6-15-18)19(21)22)13(20)16(2)8-11-4-5-14-17(11)3/h4-6,9-10H,7-8H2,1-3H3. The van der Waals surface area contributed by atoms with Crippen molar-refractivity contribution in [1.29, 1.82) is 0 Å². The molecule has 1 amide bonds. The van der Waals surface area contributed by atoms with Gasteiger partial charge >= 0.3 is 5.69 Å². The number of hydrogen-bond donors (Lipinski definition) is 0. The van der Waals surface area contributed by atoms with Crippen LogP contribution in [0.15, 0.2) is 24.7 Å². The second-order valence-electron chi connectivity index (χ2n) is 5.22. The van der Waals surface area contributed by atoms with Crippen molar-refractivity contribution in [2.75, 3.05) is 7.05 Å². The number of aryl methyl sites for hydroxylation is 1. The smallest absolute Gasteiger partial charge is 0.306 e. The maximum Gasteiger partial charge on any atom is 0.306 e. The molecule has 118 valence electrons. The number of nitrogens with zero attached hydrogens (tertiary/aromatic N) is 6. The number of rotatable bonds is 6. The summed E-state index contributed by atoms with van der Waals surface area (Å²) in [5, 5.41) is 18.6. The van der Waals surface area contributed by atoms with E-state index in [0.717, 1.165) is 5.69 Å². The summed E-state index contributed by atoms with van der Waals surface area (Å²) in [5.74, 6) is -0.392. The van der Waals surface area contributed by atoms with Gasteiger partial charge in [-0.2, -0.15) is 10.2 Å². The summed E-state index contributed by atoms with van der Waals surface area (Å²) in [5.41, 5.74) is 0.848. The lowest BCUT2D eigenvalue weighted by atomic mass is 10.1. The molecule has 0 fully saturated rings. The molecule has 0 aliphatic heterocycles. The third kappa shape index (κ3) is 3.48. The lowest BCUT2D eigenvalue weighted by Crippen LogP contribution is -2.33. The average molecular weight is 306 g/mol. The van der Waals surface area contributed by atoms with Crippen LogP contribution < -0.4 is 0 Å². The highest BCUT2D eigenvalue weighted by molar-refractivity contribution is 5.78. The highest BCUT2D eigenvalue weighted by Gasteiger charge is 2.20. The molecule has 0 N–H and O–H groups in total. The number of nitro groups is 1. The molecule has 0 bridgehead atoms. The molecule has 0 spiro atoms. The van der Waals surface area contributed by atoms with Crippen LogP contribution in [0.25, 0.3) is 0 Å². The van der Waals surface area contributed by atoms with Gasteiger partial charge < -0.3 is 4.90 Å². The van der Waals surface area contributed by atoms with E-state index in [4.69, 9.17) is 0 Å². The summed E-state index contributed by atoms with van der Waals surface area (Å²) >= 11 is 0. The van der Waals surface area contributed by atoms with Gasteiger partial charge in [-0.1, -0.05) is 6.92 Å². The summed E-state index contributed by atoms with van der Waals surface area (Å²) in [7, 11) is 3.54. The number of carbonyl (C=O) groups is 1. The second-order valence-corrected chi connectivity index (χ2v) is 5.22. The number of hydrogen-bond acceptors (Lipinski definition) is 5. The minimum atomic E-state index is -0.509. The fraction of sp³-hybridized carbons (Fsp3) is 0.462. The Morgan fingerprint density at radius 1 is 1.50 bits per heavy atom. The van der Waals surface area contributed by atoms with Crippen molar-refractivity contribution >= 4 is 11.6 Å². The second kappa shape index (κ2) is 6.37. The lowest BCUT2D eigenvalue weighted by molar-refractivity contribution is -0.385. The van der Waals surface area contributed by atoms with E-state index >= 15 is 0 Å². The molecule has 9 heteroatoms. The Balaban J connectivity index is 1.96. The SMILES string of the molecule is CC(Cn1cc([N+](=O)[O-])cn1)C(=O)N(C)Cc1ccnn1C. The zero-order valence-corrected chi connectivity index (χ0v) is 12.7. The molecule has 1 unspecified atom stereocenters. The van der Waals surface area contributed by atoms with Crippen LogP contribution in [0, 0.1) is 16.0 Å². The first kappa shape index (κ1) is 15.7. The minimum Gasteiger partial charge on any atom is -0.340 e. The Morgan fingerprint density at radius 3 is 2.77 bits per heavy atom. The fourth-order valence-electron chi connectivity index (χ4n) is 2.16. The molecule has 0 saturated heterocycles. The van der Waals surface area contributed by atoms with E-state index in [2.05, 4.69) is 10.2 Å². The van der Waals surface area contributed by atoms with Crippen LogP contribution in [0.1, 0.15) is 12.6 Å². The van der Waals surface area contributed by atoms with Crippen molar-refractivity contribution in [2.24, 2.45) is 13.0 Å². The van der Waals surface area contributed by atoms with Crippen molar-refractivity contribution in [3.05, 3.63) is 40.5 Å². The molecular formula is C13H18N6O3. The molecule has 2 aromatic rings. The molecule has 9 nitrogen and oxygen atoms in total. The topological polar surface area (TPSA) is 99.1 Å². The molecule has 2 aromatic heterocycles. The summed E-state index contributed by atoms with van der Waals surface area (Å²) < 4.78 is 3.13. The highest BCUT2D eigenvalue weighted by Crippen LogP contribution is 2.12. The van der Waals surface area contributed by atoms with E-state index in [1.807, 2.05) is 13.1 Å². The maximum absolute atomic E-state index is 12.3. The number of carbonyl (C=O) groups excluding carboxylic acids is 1. The molecule has 1 atom stereocenters. The Labute approximate surface area is 127 Å². The van der Waals surface area contributed by atoms with Gasteiger partial charge in [0.2, 0.25) is 5.91 Å². The predicted octanol–water partition coefficient (Wildman–Crippen LogP) is 0.819.